The fraction of sp³-hybridized carbons (Fsp3) is 0.200. The van der Waals surface area contributed by atoms with Crippen LogP contribution in [0.3, 0.4) is 0 Å². The van der Waals surface area contributed by atoms with Crippen LogP contribution in [-0.2, 0) is 17.9 Å². The summed E-state index contributed by atoms with van der Waals surface area (Å²) in [6.45, 7) is 6.04. The summed E-state index contributed by atoms with van der Waals surface area (Å²) in [5.41, 5.74) is 0.878. The number of halogens is 1. The number of hydrogen-bond donors (Lipinski definition) is 0. The highest BCUT2D eigenvalue weighted by Gasteiger charge is 2.24. The Morgan fingerprint density at radius 3 is 2.32 bits per heavy atom. The Hall–Kier alpha value is -3.67. The normalized spacial score (nSPS) is 10.5. The van der Waals surface area contributed by atoms with E-state index < -0.39 is 11.7 Å². The fourth-order valence-electron chi connectivity index (χ4n) is 3.24. The molecule has 3 aromatic rings. The van der Waals surface area contributed by atoms with Crippen LogP contribution in [0.5, 0.6) is 0 Å². The van der Waals surface area contributed by atoms with E-state index in [0.29, 0.717) is 12.3 Å². The van der Waals surface area contributed by atoms with E-state index in [1.807, 2.05) is 49.4 Å². The van der Waals surface area contributed by atoms with E-state index in [1.54, 1.807) is 11.0 Å². The topological polar surface area (TPSA) is 53.8 Å². The predicted molar refractivity (Wildman–Crippen MR) is 117 cm³/mol. The van der Waals surface area contributed by atoms with Gasteiger partial charge in [0.2, 0.25) is 5.91 Å². The third kappa shape index (κ3) is 5.92. The number of benzene rings is 2. The summed E-state index contributed by atoms with van der Waals surface area (Å²) in [7, 11) is 0. The van der Waals surface area contributed by atoms with Crippen LogP contribution in [0, 0.1) is 12.7 Å². The molecule has 0 N–H and O–H groups in total. The van der Waals surface area contributed by atoms with Crippen molar-refractivity contribution in [3.63, 3.8) is 0 Å². The first-order valence-corrected chi connectivity index (χ1v) is 9.99. The van der Waals surface area contributed by atoms with E-state index in [0.717, 1.165) is 11.3 Å². The van der Waals surface area contributed by atoms with Crippen molar-refractivity contribution in [1.29, 1.82) is 0 Å². The molecule has 0 saturated heterocycles. The van der Waals surface area contributed by atoms with Gasteiger partial charge in [-0.3, -0.25) is 9.59 Å². The van der Waals surface area contributed by atoms with Crippen molar-refractivity contribution in [2.24, 2.45) is 0 Å². The van der Waals surface area contributed by atoms with Crippen LogP contribution in [0.25, 0.3) is 0 Å². The summed E-state index contributed by atoms with van der Waals surface area (Å²) in [6.07, 6.45) is 1.52. The Bertz CT molecular complexity index is 1050. The quantitative estimate of drug-likeness (QED) is 0.476. The van der Waals surface area contributed by atoms with Gasteiger partial charge in [-0.1, -0.05) is 48.5 Å². The Morgan fingerprint density at radius 1 is 0.968 bits per heavy atom. The molecule has 3 rings (SSSR count). The molecule has 0 bridgehead atoms. The number of nitrogens with zero attached hydrogens (tertiary/aromatic N) is 2. The van der Waals surface area contributed by atoms with Gasteiger partial charge in [0.05, 0.1) is 12.1 Å². The molecule has 2 amide bonds. The molecule has 5 nitrogen and oxygen atoms in total. The van der Waals surface area contributed by atoms with Crippen LogP contribution in [0.15, 0.2) is 83.8 Å². The molecular formula is C25H25FN2O3. The minimum atomic E-state index is -0.624. The van der Waals surface area contributed by atoms with Crippen molar-refractivity contribution in [2.75, 3.05) is 13.1 Å². The zero-order valence-corrected chi connectivity index (χ0v) is 17.5. The molecule has 0 saturated carbocycles. The van der Waals surface area contributed by atoms with Gasteiger partial charge in [-0.15, -0.1) is 6.58 Å². The lowest BCUT2D eigenvalue weighted by Crippen LogP contribution is -2.42. The van der Waals surface area contributed by atoms with Crippen molar-refractivity contribution < 1.29 is 18.4 Å². The number of furan rings is 1. The average molecular weight is 420 g/mol. The Kier molecular flexibility index (Phi) is 7.38. The summed E-state index contributed by atoms with van der Waals surface area (Å²) in [6, 6.07) is 19.0. The van der Waals surface area contributed by atoms with Crippen molar-refractivity contribution in [3.8, 4) is 0 Å². The van der Waals surface area contributed by atoms with E-state index in [4.69, 9.17) is 4.42 Å². The SMILES string of the molecule is C=CCN(CC(=O)N(Cc1ccccc1)Cc1ccc(C)o1)C(=O)c1ccccc1F. The Labute approximate surface area is 181 Å². The number of amides is 2. The van der Waals surface area contributed by atoms with Crippen molar-refractivity contribution >= 4 is 11.8 Å². The van der Waals surface area contributed by atoms with Crippen molar-refractivity contribution in [1.82, 2.24) is 9.80 Å². The molecule has 0 radical (unpaired) electrons. The lowest BCUT2D eigenvalue weighted by molar-refractivity contribution is -0.133. The van der Waals surface area contributed by atoms with Crippen LogP contribution in [0.1, 0.15) is 27.4 Å². The van der Waals surface area contributed by atoms with Crippen LogP contribution in [-0.4, -0.2) is 34.7 Å². The summed E-state index contributed by atoms with van der Waals surface area (Å²) < 4.78 is 19.8. The van der Waals surface area contributed by atoms with Gasteiger partial charge >= 0.3 is 0 Å². The first-order valence-electron chi connectivity index (χ1n) is 9.99. The molecule has 0 aliphatic heterocycles. The number of hydrogen-bond acceptors (Lipinski definition) is 3. The summed E-state index contributed by atoms with van der Waals surface area (Å²) in [5.74, 6) is -0.0480. The molecule has 0 spiro atoms. The highest BCUT2D eigenvalue weighted by Crippen LogP contribution is 2.15. The van der Waals surface area contributed by atoms with Gasteiger partial charge in [-0.2, -0.15) is 0 Å². The lowest BCUT2D eigenvalue weighted by atomic mass is 10.1. The first kappa shape index (κ1) is 22.0. The van der Waals surface area contributed by atoms with Gasteiger partial charge in [0.25, 0.3) is 5.91 Å². The maximum Gasteiger partial charge on any atom is 0.257 e. The Balaban J connectivity index is 1.81. The second kappa shape index (κ2) is 10.4. The molecule has 0 unspecified atom stereocenters. The fourth-order valence-corrected chi connectivity index (χ4v) is 3.24. The van der Waals surface area contributed by atoms with Crippen molar-refractivity contribution in [2.45, 2.75) is 20.0 Å². The summed E-state index contributed by atoms with van der Waals surface area (Å²) in [5, 5.41) is 0. The van der Waals surface area contributed by atoms with Gasteiger partial charge in [0.15, 0.2) is 0 Å². The van der Waals surface area contributed by atoms with E-state index >= 15 is 0 Å². The van der Waals surface area contributed by atoms with Crippen LogP contribution < -0.4 is 0 Å². The van der Waals surface area contributed by atoms with Crippen molar-refractivity contribution in [3.05, 3.63) is 108 Å². The summed E-state index contributed by atoms with van der Waals surface area (Å²) in [4.78, 5) is 29.0. The Morgan fingerprint density at radius 2 is 1.68 bits per heavy atom. The minimum absolute atomic E-state index is 0.0755. The highest BCUT2D eigenvalue weighted by atomic mass is 19.1. The predicted octanol–water partition coefficient (Wildman–Crippen LogP) is 4.58. The van der Waals surface area contributed by atoms with Crippen LogP contribution in [0.4, 0.5) is 4.39 Å². The molecule has 0 fully saturated rings. The van der Waals surface area contributed by atoms with Crippen LogP contribution >= 0.6 is 0 Å². The molecule has 160 valence electrons. The zero-order valence-electron chi connectivity index (χ0n) is 17.5. The number of aryl methyl sites for hydroxylation is 1. The number of rotatable bonds is 9. The molecule has 1 aromatic heterocycles. The number of carbonyl (C=O) groups is 2. The molecule has 0 aliphatic rings. The van der Waals surface area contributed by atoms with Gasteiger partial charge in [0, 0.05) is 13.1 Å². The maximum atomic E-state index is 14.1. The molecular weight excluding hydrogens is 395 g/mol. The first-order chi connectivity index (χ1) is 15.0. The molecule has 0 aliphatic carbocycles. The van der Waals surface area contributed by atoms with Gasteiger partial charge < -0.3 is 14.2 Å². The second-order valence-electron chi connectivity index (χ2n) is 7.20. The second-order valence-corrected chi connectivity index (χ2v) is 7.20. The molecule has 1 heterocycles. The summed E-state index contributed by atoms with van der Waals surface area (Å²) >= 11 is 0. The third-order valence-electron chi connectivity index (χ3n) is 4.78. The van der Waals surface area contributed by atoms with Gasteiger partial charge in [0.1, 0.15) is 23.9 Å². The van der Waals surface area contributed by atoms with E-state index in [-0.39, 0.29) is 31.1 Å². The van der Waals surface area contributed by atoms with E-state index in [9.17, 15) is 14.0 Å². The lowest BCUT2D eigenvalue weighted by Gasteiger charge is -2.27. The molecule has 0 atom stereocenters. The minimum Gasteiger partial charge on any atom is -0.464 e. The van der Waals surface area contributed by atoms with Crippen LogP contribution in [0.2, 0.25) is 0 Å². The highest BCUT2D eigenvalue weighted by molar-refractivity contribution is 5.96. The van der Waals surface area contributed by atoms with E-state index in [1.165, 1.54) is 29.2 Å². The largest absolute Gasteiger partial charge is 0.464 e. The molecule has 31 heavy (non-hydrogen) atoms. The molecule has 6 heteroatoms. The van der Waals surface area contributed by atoms with E-state index in [2.05, 4.69) is 6.58 Å². The number of carbonyl (C=O) groups excluding carboxylic acids is 2. The smallest absolute Gasteiger partial charge is 0.257 e. The van der Waals surface area contributed by atoms with Gasteiger partial charge in [-0.05, 0) is 36.8 Å². The molecule has 2 aromatic carbocycles. The average Bonchev–Trinajstić information content (AvgIpc) is 3.18. The maximum absolute atomic E-state index is 14.1. The standard InChI is InChI=1S/C25H25FN2O3/c1-3-15-27(25(30)22-11-7-8-12-23(22)26)18-24(29)28(16-20-9-5-4-6-10-20)17-21-14-13-19(2)31-21/h3-14H,1,15-18H2,2H3. The van der Waals surface area contributed by atoms with Gasteiger partial charge in [-0.25, -0.2) is 4.39 Å². The zero-order chi connectivity index (χ0) is 22.2. The third-order valence-corrected chi connectivity index (χ3v) is 4.78. The monoisotopic (exact) mass is 420 g/mol.